The lowest BCUT2D eigenvalue weighted by Crippen LogP contribution is -2.35. The zero-order valence-electron chi connectivity index (χ0n) is 12.6. The highest BCUT2D eigenvalue weighted by Gasteiger charge is 2.18. The second kappa shape index (κ2) is 7.20. The summed E-state index contributed by atoms with van der Waals surface area (Å²) in [7, 11) is 0. The van der Waals surface area contributed by atoms with E-state index in [9.17, 15) is 4.79 Å². The number of benzene rings is 1. The van der Waals surface area contributed by atoms with E-state index in [4.69, 9.17) is 23.2 Å². The van der Waals surface area contributed by atoms with Crippen molar-refractivity contribution in [1.29, 1.82) is 0 Å². The number of pyridine rings is 1. The summed E-state index contributed by atoms with van der Waals surface area (Å²) in [4.78, 5) is 18.6. The highest BCUT2D eigenvalue weighted by atomic mass is 35.5. The Bertz CT molecular complexity index is 677. The number of nitrogens with zero attached hydrogens (tertiary/aromatic N) is 2. The van der Waals surface area contributed by atoms with Crippen LogP contribution in [0.1, 0.15) is 29.6 Å². The SMILES string of the molecule is O=C(c1ccc(Nc2cc(Cl)cc(Cl)c2)nc1)N1CCCCC1. The zero-order valence-corrected chi connectivity index (χ0v) is 14.1. The van der Waals surface area contributed by atoms with Crippen LogP contribution in [0.15, 0.2) is 36.5 Å². The average molecular weight is 350 g/mol. The van der Waals surface area contributed by atoms with Crippen LogP contribution in [-0.4, -0.2) is 28.9 Å². The van der Waals surface area contributed by atoms with Crippen LogP contribution in [0, 0.1) is 0 Å². The number of amides is 1. The van der Waals surface area contributed by atoms with Gasteiger partial charge in [0.15, 0.2) is 0 Å². The van der Waals surface area contributed by atoms with Crippen LogP contribution >= 0.6 is 23.2 Å². The van der Waals surface area contributed by atoms with Crippen molar-refractivity contribution in [3.05, 3.63) is 52.1 Å². The van der Waals surface area contributed by atoms with E-state index >= 15 is 0 Å². The summed E-state index contributed by atoms with van der Waals surface area (Å²) in [5.74, 6) is 0.688. The maximum absolute atomic E-state index is 12.4. The molecule has 0 radical (unpaired) electrons. The number of halogens is 2. The Morgan fingerprint density at radius 2 is 1.74 bits per heavy atom. The molecule has 1 aliphatic rings. The molecule has 23 heavy (non-hydrogen) atoms. The van der Waals surface area contributed by atoms with Crippen LogP contribution < -0.4 is 5.32 Å². The minimum atomic E-state index is 0.0505. The summed E-state index contributed by atoms with van der Waals surface area (Å²) in [6.45, 7) is 1.67. The van der Waals surface area contributed by atoms with Crippen molar-refractivity contribution in [3.63, 3.8) is 0 Å². The molecule has 1 amide bonds. The van der Waals surface area contributed by atoms with Crippen molar-refractivity contribution in [2.45, 2.75) is 19.3 Å². The molecule has 0 spiro atoms. The molecule has 120 valence electrons. The summed E-state index contributed by atoms with van der Waals surface area (Å²) in [5, 5.41) is 4.23. The molecule has 0 bridgehead atoms. The normalized spacial score (nSPS) is 14.6. The maximum Gasteiger partial charge on any atom is 0.255 e. The number of likely N-dealkylation sites (tertiary alicyclic amines) is 1. The topological polar surface area (TPSA) is 45.2 Å². The molecule has 1 aromatic heterocycles. The standard InChI is InChI=1S/C17H17Cl2N3O/c18-13-8-14(19)10-15(9-13)21-16-5-4-12(11-20-16)17(23)22-6-2-1-3-7-22/h4-5,8-11H,1-3,6-7H2,(H,20,21). The molecule has 0 atom stereocenters. The van der Waals surface area contributed by atoms with Gasteiger partial charge in [-0.05, 0) is 49.6 Å². The van der Waals surface area contributed by atoms with Crippen molar-refractivity contribution < 1.29 is 4.79 Å². The molecule has 6 heteroatoms. The quantitative estimate of drug-likeness (QED) is 0.868. The van der Waals surface area contributed by atoms with Gasteiger partial charge in [0.05, 0.1) is 5.56 Å². The lowest BCUT2D eigenvalue weighted by molar-refractivity contribution is 0.0724. The highest BCUT2D eigenvalue weighted by Crippen LogP contribution is 2.24. The molecular weight excluding hydrogens is 333 g/mol. The highest BCUT2D eigenvalue weighted by molar-refractivity contribution is 6.35. The summed E-state index contributed by atoms with van der Waals surface area (Å²) < 4.78 is 0. The van der Waals surface area contributed by atoms with Gasteiger partial charge in [0.2, 0.25) is 0 Å². The fraction of sp³-hybridized carbons (Fsp3) is 0.294. The Morgan fingerprint density at radius 1 is 1.04 bits per heavy atom. The van der Waals surface area contributed by atoms with Gasteiger partial charge in [-0.1, -0.05) is 23.2 Å². The van der Waals surface area contributed by atoms with E-state index in [1.807, 2.05) is 4.90 Å². The monoisotopic (exact) mass is 349 g/mol. The Labute approximate surface area is 145 Å². The first-order valence-corrected chi connectivity index (χ1v) is 8.36. The molecule has 1 fully saturated rings. The van der Waals surface area contributed by atoms with Crippen molar-refractivity contribution in [2.24, 2.45) is 0 Å². The first kappa shape index (κ1) is 16.1. The number of hydrogen-bond donors (Lipinski definition) is 1. The van der Waals surface area contributed by atoms with Gasteiger partial charge in [-0.25, -0.2) is 4.98 Å². The first-order valence-electron chi connectivity index (χ1n) is 7.60. The fourth-order valence-corrected chi connectivity index (χ4v) is 3.17. The van der Waals surface area contributed by atoms with Gasteiger partial charge >= 0.3 is 0 Å². The van der Waals surface area contributed by atoms with E-state index in [0.29, 0.717) is 21.4 Å². The number of nitrogens with one attached hydrogen (secondary N) is 1. The van der Waals surface area contributed by atoms with Crippen molar-refractivity contribution in [1.82, 2.24) is 9.88 Å². The fourth-order valence-electron chi connectivity index (χ4n) is 2.65. The van der Waals surface area contributed by atoms with E-state index in [1.54, 1.807) is 36.5 Å². The summed E-state index contributed by atoms with van der Waals surface area (Å²) in [6.07, 6.45) is 4.96. The van der Waals surface area contributed by atoms with Crippen LogP contribution in [0.25, 0.3) is 0 Å². The summed E-state index contributed by atoms with van der Waals surface area (Å²) in [6, 6.07) is 8.77. The molecular formula is C17H17Cl2N3O. The maximum atomic E-state index is 12.4. The molecule has 4 nitrogen and oxygen atoms in total. The van der Waals surface area contributed by atoms with Gasteiger partial charge in [0.1, 0.15) is 5.82 Å². The minimum Gasteiger partial charge on any atom is -0.340 e. The molecule has 0 aliphatic carbocycles. The molecule has 1 aliphatic heterocycles. The molecule has 0 unspecified atom stereocenters. The predicted molar refractivity (Wildman–Crippen MR) is 93.7 cm³/mol. The number of piperidine rings is 1. The van der Waals surface area contributed by atoms with E-state index in [2.05, 4.69) is 10.3 Å². The van der Waals surface area contributed by atoms with E-state index in [-0.39, 0.29) is 5.91 Å². The number of carbonyl (C=O) groups excluding carboxylic acids is 1. The smallest absolute Gasteiger partial charge is 0.255 e. The van der Waals surface area contributed by atoms with Gasteiger partial charge in [-0.15, -0.1) is 0 Å². The lowest BCUT2D eigenvalue weighted by Gasteiger charge is -2.26. The molecule has 1 saturated heterocycles. The second-order valence-electron chi connectivity index (χ2n) is 5.57. The van der Waals surface area contributed by atoms with E-state index < -0.39 is 0 Å². The Balaban J connectivity index is 1.70. The largest absolute Gasteiger partial charge is 0.340 e. The third-order valence-electron chi connectivity index (χ3n) is 3.79. The third-order valence-corrected chi connectivity index (χ3v) is 4.23. The van der Waals surface area contributed by atoms with Gasteiger partial charge in [0, 0.05) is 35.0 Å². The van der Waals surface area contributed by atoms with Gasteiger partial charge in [-0.2, -0.15) is 0 Å². The number of carbonyl (C=O) groups is 1. The number of rotatable bonds is 3. The molecule has 0 saturated carbocycles. The molecule has 2 aromatic rings. The average Bonchev–Trinajstić information content (AvgIpc) is 2.55. The zero-order chi connectivity index (χ0) is 16.2. The van der Waals surface area contributed by atoms with Crippen LogP contribution in [0.3, 0.4) is 0 Å². The first-order chi connectivity index (χ1) is 11.1. The summed E-state index contributed by atoms with van der Waals surface area (Å²) in [5.41, 5.74) is 1.37. The number of aromatic nitrogens is 1. The summed E-state index contributed by atoms with van der Waals surface area (Å²) >= 11 is 11.9. The molecule has 1 aromatic carbocycles. The van der Waals surface area contributed by atoms with Gasteiger partial charge < -0.3 is 10.2 Å². The van der Waals surface area contributed by atoms with Crippen molar-refractivity contribution in [2.75, 3.05) is 18.4 Å². The minimum absolute atomic E-state index is 0.0505. The van der Waals surface area contributed by atoms with Gasteiger partial charge in [0.25, 0.3) is 5.91 Å². The Morgan fingerprint density at radius 3 is 2.35 bits per heavy atom. The molecule has 3 rings (SSSR count). The van der Waals surface area contributed by atoms with Crippen molar-refractivity contribution in [3.8, 4) is 0 Å². The van der Waals surface area contributed by atoms with Crippen LogP contribution in [0.2, 0.25) is 10.0 Å². The third kappa shape index (κ3) is 4.15. The Hall–Kier alpha value is -1.78. The van der Waals surface area contributed by atoms with Gasteiger partial charge in [-0.3, -0.25) is 4.79 Å². The number of hydrogen-bond acceptors (Lipinski definition) is 3. The molecule has 1 N–H and O–H groups in total. The molecule has 2 heterocycles. The Kier molecular flexibility index (Phi) is 5.03. The number of anilines is 2. The van der Waals surface area contributed by atoms with Crippen LogP contribution in [0.4, 0.5) is 11.5 Å². The second-order valence-corrected chi connectivity index (χ2v) is 6.44. The lowest BCUT2D eigenvalue weighted by atomic mass is 10.1. The van der Waals surface area contributed by atoms with Crippen LogP contribution in [-0.2, 0) is 0 Å². The van der Waals surface area contributed by atoms with Crippen molar-refractivity contribution >= 4 is 40.6 Å². The van der Waals surface area contributed by atoms with E-state index in [1.165, 1.54) is 6.42 Å². The predicted octanol–water partition coefficient (Wildman–Crippen LogP) is 4.76. The van der Waals surface area contributed by atoms with E-state index in [0.717, 1.165) is 31.6 Å². The van der Waals surface area contributed by atoms with Crippen LogP contribution in [0.5, 0.6) is 0 Å².